The molecule has 8 nitrogen and oxygen atoms in total. The van der Waals surface area contributed by atoms with Crippen LogP contribution in [-0.4, -0.2) is 55.8 Å². The molecule has 1 aliphatic heterocycles. The lowest BCUT2D eigenvalue weighted by Crippen LogP contribution is -2.38. The van der Waals surface area contributed by atoms with Crippen LogP contribution in [0.4, 0.5) is 6.01 Å². The quantitative estimate of drug-likeness (QED) is 0.525. The standard InChI is InChI=1S/C24H29N3O5/c1-4-31-22-13-16(5-7-21(22)29-2)15-27-11-9-18(10-12-27)25-24-26-19-14-17(23(28)30-3)6-8-20(19)32-24/h5-8,13-14,18H,4,9-12,15H2,1-3H3,(H,25,26). The maximum atomic E-state index is 11.7. The fraction of sp³-hybridized carbons (Fsp3) is 0.417. The Hall–Kier alpha value is -3.26. The number of benzene rings is 2. The van der Waals surface area contributed by atoms with Crippen molar-refractivity contribution >= 4 is 23.1 Å². The first kappa shape index (κ1) is 22.0. The molecule has 0 aliphatic carbocycles. The van der Waals surface area contributed by atoms with Gasteiger partial charge in [-0.2, -0.15) is 4.98 Å². The number of rotatable bonds is 8. The van der Waals surface area contributed by atoms with Gasteiger partial charge in [0.1, 0.15) is 5.52 Å². The first-order valence-corrected chi connectivity index (χ1v) is 10.9. The van der Waals surface area contributed by atoms with E-state index >= 15 is 0 Å². The number of ether oxygens (including phenoxy) is 3. The molecular formula is C24H29N3O5. The van der Waals surface area contributed by atoms with Crippen molar-refractivity contribution in [2.24, 2.45) is 0 Å². The second-order valence-electron chi connectivity index (χ2n) is 7.81. The van der Waals surface area contributed by atoms with Crippen LogP contribution < -0.4 is 14.8 Å². The van der Waals surface area contributed by atoms with Crippen LogP contribution in [0.1, 0.15) is 35.7 Å². The Morgan fingerprint density at radius 1 is 1.16 bits per heavy atom. The number of carbonyl (C=O) groups excluding carboxylic acids is 1. The summed E-state index contributed by atoms with van der Waals surface area (Å²) in [5.41, 5.74) is 2.94. The van der Waals surface area contributed by atoms with Gasteiger partial charge in [0, 0.05) is 25.7 Å². The highest BCUT2D eigenvalue weighted by atomic mass is 16.5. The molecule has 170 valence electrons. The zero-order valence-electron chi connectivity index (χ0n) is 18.7. The zero-order valence-corrected chi connectivity index (χ0v) is 18.7. The monoisotopic (exact) mass is 439 g/mol. The zero-order chi connectivity index (χ0) is 22.5. The number of oxazole rings is 1. The topological polar surface area (TPSA) is 86.1 Å². The third-order valence-corrected chi connectivity index (χ3v) is 5.66. The number of piperidine rings is 1. The number of carbonyl (C=O) groups is 1. The largest absolute Gasteiger partial charge is 0.493 e. The van der Waals surface area contributed by atoms with Crippen LogP contribution in [0.5, 0.6) is 11.5 Å². The van der Waals surface area contributed by atoms with E-state index in [2.05, 4.69) is 27.3 Å². The molecular weight excluding hydrogens is 410 g/mol. The number of methoxy groups -OCH3 is 2. The molecule has 0 radical (unpaired) electrons. The summed E-state index contributed by atoms with van der Waals surface area (Å²) in [6.07, 6.45) is 1.97. The van der Waals surface area contributed by atoms with Gasteiger partial charge in [0.25, 0.3) is 6.01 Å². The normalized spacial score (nSPS) is 15.0. The maximum absolute atomic E-state index is 11.7. The highest BCUT2D eigenvalue weighted by Crippen LogP contribution is 2.29. The Morgan fingerprint density at radius 3 is 2.69 bits per heavy atom. The van der Waals surface area contributed by atoms with Gasteiger partial charge >= 0.3 is 5.97 Å². The van der Waals surface area contributed by atoms with Crippen LogP contribution >= 0.6 is 0 Å². The molecule has 4 rings (SSSR count). The minimum absolute atomic E-state index is 0.286. The number of nitrogens with one attached hydrogen (secondary N) is 1. The van der Waals surface area contributed by atoms with Crippen molar-refractivity contribution in [3.63, 3.8) is 0 Å². The van der Waals surface area contributed by atoms with Gasteiger partial charge in [-0.1, -0.05) is 6.07 Å². The van der Waals surface area contributed by atoms with Gasteiger partial charge in [-0.05, 0) is 55.7 Å². The number of fused-ring (bicyclic) bond motifs is 1. The molecule has 0 spiro atoms. The van der Waals surface area contributed by atoms with Crippen LogP contribution in [0.15, 0.2) is 40.8 Å². The minimum Gasteiger partial charge on any atom is -0.493 e. The van der Waals surface area contributed by atoms with E-state index in [9.17, 15) is 4.79 Å². The molecule has 0 atom stereocenters. The highest BCUT2D eigenvalue weighted by Gasteiger charge is 2.21. The summed E-state index contributed by atoms with van der Waals surface area (Å²) >= 11 is 0. The molecule has 1 aromatic heterocycles. The number of esters is 1. The van der Waals surface area contributed by atoms with E-state index in [1.807, 2.05) is 13.0 Å². The van der Waals surface area contributed by atoms with Crippen molar-refractivity contribution in [1.29, 1.82) is 0 Å². The molecule has 0 unspecified atom stereocenters. The highest BCUT2D eigenvalue weighted by molar-refractivity contribution is 5.93. The lowest BCUT2D eigenvalue weighted by atomic mass is 10.0. The van der Waals surface area contributed by atoms with E-state index in [4.69, 9.17) is 18.6 Å². The van der Waals surface area contributed by atoms with Crippen molar-refractivity contribution < 1.29 is 23.4 Å². The fourth-order valence-electron chi connectivity index (χ4n) is 3.99. The lowest BCUT2D eigenvalue weighted by molar-refractivity contribution is 0.0601. The van der Waals surface area contributed by atoms with Crippen molar-refractivity contribution in [2.75, 3.05) is 39.2 Å². The number of hydrogen-bond donors (Lipinski definition) is 1. The van der Waals surface area contributed by atoms with Crippen LogP contribution in [0, 0.1) is 0 Å². The Kier molecular flexibility index (Phi) is 6.80. The number of anilines is 1. The van der Waals surface area contributed by atoms with Gasteiger partial charge in [-0.25, -0.2) is 4.79 Å². The summed E-state index contributed by atoms with van der Waals surface area (Å²) in [6, 6.07) is 12.0. The average molecular weight is 440 g/mol. The van der Waals surface area contributed by atoms with Crippen LogP contribution in [-0.2, 0) is 11.3 Å². The smallest absolute Gasteiger partial charge is 0.337 e. The first-order valence-electron chi connectivity index (χ1n) is 10.9. The summed E-state index contributed by atoms with van der Waals surface area (Å²) in [5, 5.41) is 3.40. The van der Waals surface area contributed by atoms with Gasteiger partial charge in [-0.15, -0.1) is 0 Å². The molecule has 8 heteroatoms. The van der Waals surface area contributed by atoms with Gasteiger partial charge in [0.2, 0.25) is 0 Å². The maximum Gasteiger partial charge on any atom is 0.337 e. The Balaban J connectivity index is 1.33. The Labute approximate surface area is 187 Å². The average Bonchev–Trinajstić information content (AvgIpc) is 3.21. The summed E-state index contributed by atoms with van der Waals surface area (Å²) in [4.78, 5) is 18.6. The second kappa shape index (κ2) is 9.91. The molecule has 1 saturated heterocycles. The van der Waals surface area contributed by atoms with Gasteiger partial charge < -0.3 is 23.9 Å². The van der Waals surface area contributed by atoms with E-state index in [1.54, 1.807) is 25.3 Å². The van der Waals surface area contributed by atoms with Crippen molar-refractivity contribution in [3.05, 3.63) is 47.5 Å². The summed E-state index contributed by atoms with van der Waals surface area (Å²) in [6.45, 7) is 5.40. The Bertz CT molecular complexity index is 1070. The first-order chi connectivity index (χ1) is 15.6. The number of likely N-dealkylation sites (tertiary alicyclic amines) is 1. The fourth-order valence-corrected chi connectivity index (χ4v) is 3.99. The predicted molar refractivity (Wildman–Crippen MR) is 121 cm³/mol. The third kappa shape index (κ3) is 4.96. The molecule has 0 saturated carbocycles. The molecule has 0 amide bonds. The molecule has 1 fully saturated rings. The molecule has 1 N–H and O–H groups in total. The van der Waals surface area contributed by atoms with Gasteiger partial charge in [-0.3, -0.25) is 4.90 Å². The second-order valence-corrected chi connectivity index (χ2v) is 7.81. The molecule has 3 aromatic rings. The summed E-state index contributed by atoms with van der Waals surface area (Å²) in [5.74, 6) is 1.16. The van der Waals surface area contributed by atoms with Gasteiger partial charge in [0.15, 0.2) is 17.1 Å². The van der Waals surface area contributed by atoms with E-state index in [0.29, 0.717) is 29.3 Å². The van der Waals surface area contributed by atoms with Crippen LogP contribution in [0.2, 0.25) is 0 Å². The summed E-state index contributed by atoms with van der Waals surface area (Å²) in [7, 11) is 3.02. The van der Waals surface area contributed by atoms with Crippen LogP contribution in [0.3, 0.4) is 0 Å². The lowest BCUT2D eigenvalue weighted by Gasteiger charge is -2.32. The van der Waals surface area contributed by atoms with Crippen molar-refractivity contribution in [1.82, 2.24) is 9.88 Å². The molecule has 0 bridgehead atoms. The molecule has 32 heavy (non-hydrogen) atoms. The Morgan fingerprint density at radius 2 is 1.97 bits per heavy atom. The predicted octanol–water partition coefficient (Wildman–Crippen LogP) is 4.10. The van der Waals surface area contributed by atoms with E-state index in [0.717, 1.165) is 44.0 Å². The molecule has 2 heterocycles. The van der Waals surface area contributed by atoms with E-state index in [-0.39, 0.29) is 12.0 Å². The number of aromatic nitrogens is 1. The number of nitrogens with zero attached hydrogens (tertiary/aromatic N) is 2. The minimum atomic E-state index is -0.387. The third-order valence-electron chi connectivity index (χ3n) is 5.66. The molecule has 1 aliphatic rings. The molecule has 2 aromatic carbocycles. The van der Waals surface area contributed by atoms with E-state index < -0.39 is 0 Å². The van der Waals surface area contributed by atoms with Crippen molar-refractivity contribution in [2.45, 2.75) is 32.4 Å². The summed E-state index contributed by atoms with van der Waals surface area (Å²) < 4.78 is 21.6. The SMILES string of the molecule is CCOc1cc(CN2CCC(Nc3nc4cc(C(=O)OC)ccc4o3)CC2)ccc1OC. The van der Waals surface area contributed by atoms with Crippen molar-refractivity contribution in [3.8, 4) is 11.5 Å². The van der Waals surface area contributed by atoms with E-state index in [1.165, 1.54) is 12.7 Å². The number of hydrogen-bond acceptors (Lipinski definition) is 8. The van der Waals surface area contributed by atoms with Gasteiger partial charge in [0.05, 0.1) is 26.4 Å². The van der Waals surface area contributed by atoms with Crippen LogP contribution in [0.25, 0.3) is 11.1 Å².